The third-order valence-corrected chi connectivity index (χ3v) is 12.2. The zero-order chi connectivity index (χ0) is 40.0. The van der Waals surface area contributed by atoms with E-state index in [-0.39, 0.29) is 22.2 Å². The molecule has 11 nitrogen and oxygen atoms in total. The molecular formula is C42H48Cl2N8O3S2. The van der Waals surface area contributed by atoms with Crippen LogP contribution in [0.1, 0.15) is 64.7 Å². The lowest BCUT2D eigenvalue weighted by atomic mass is 9.96. The summed E-state index contributed by atoms with van der Waals surface area (Å²) in [5, 5.41) is 6.94. The Kier molecular flexibility index (Phi) is 16.1. The minimum atomic E-state index is -0.464. The molecule has 2 aliphatic rings. The molecular weight excluding hydrogens is 800 g/mol. The summed E-state index contributed by atoms with van der Waals surface area (Å²) in [5.74, 6) is 0.627. The molecule has 2 aromatic carbocycles. The highest BCUT2D eigenvalue weighted by molar-refractivity contribution is 7.17. The number of nitrogens with zero attached hydrogens (tertiary/aromatic N) is 6. The molecule has 3 N–H and O–H groups in total. The molecule has 2 aliphatic heterocycles. The fraction of sp³-hybridized carbons (Fsp3) is 0.381. The van der Waals surface area contributed by atoms with E-state index >= 15 is 0 Å². The highest BCUT2D eigenvalue weighted by atomic mass is 35.5. The Labute approximate surface area is 351 Å². The van der Waals surface area contributed by atoms with Gasteiger partial charge in [0.1, 0.15) is 0 Å². The molecule has 2 fully saturated rings. The van der Waals surface area contributed by atoms with Gasteiger partial charge in [-0.3, -0.25) is 14.6 Å². The van der Waals surface area contributed by atoms with Gasteiger partial charge in [0.15, 0.2) is 11.4 Å². The molecule has 2 saturated heterocycles. The molecule has 1 amide bonds. The molecule has 4 aromatic heterocycles. The maximum atomic E-state index is 12.6. The lowest BCUT2D eigenvalue weighted by molar-refractivity contribution is 0.0522. The number of piperidine rings is 2. The lowest BCUT2D eigenvalue weighted by Gasteiger charge is -2.32. The van der Waals surface area contributed by atoms with Crippen LogP contribution in [0.25, 0.3) is 20.4 Å². The number of hydrogen-bond acceptors (Lipinski definition) is 12. The topological polar surface area (TPSA) is 139 Å². The summed E-state index contributed by atoms with van der Waals surface area (Å²) in [7, 11) is 0. The molecule has 0 spiro atoms. The molecule has 6 aromatic rings. The predicted molar refractivity (Wildman–Crippen MR) is 231 cm³/mol. The minimum Gasteiger partial charge on any atom is -0.461 e. The molecule has 0 atom stereocenters. The Morgan fingerprint density at radius 1 is 0.719 bits per heavy atom. The van der Waals surface area contributed by atoms with Crippen molar-refractivity contribution in [3.05, 3.63) is 117 Å². The normalized spacial score (nSPS) is 15.4. The van der Waals surface area contributed by atoms with Crippen LogP contribution in [0.2, 0.25) is 10.6 Å². The number of fused-ring (bicyclic) bond motifs is 2. The van der Waals surface area contributed by atoms with Crippen molar-refractivity contribution >= 4 is 78.2 Å². The summed E-state index contributed by atoms with van der Waals surface area (Å²) in [6.45, 7) is 10.2. The molecule has 15 heteroatoms. The SMILES string of the molecule is CCOC(=O)c1nc(Cl)nc2ccsc12.NCC1CCN(Cc2ccccc2)CC1.O=C(NCC1CCN(Cc2ccccc2)CC1)c1nc(Cl)nc2ccsc12. The zero-order valence-electron chi connectivity index (χ0n) is 32.0. The number of likely N-dealkylation sites (tertiary alicyclic amines) is 2. The van der Waals surface area contributed by atoms with Gasteiger partial charge in [-0.25, -0.2) is 24.7 Å². The van der Waals surface area contributed by atoms with Crippen molar-refractivity contribution in [3.8, 4) is 0 Å². The van der Waals surface area contributed by atoms with Crippen LogP contribution in [0, 0.1) is 11.8 Å². The van der Waals surface area contributed by atoms with E-state index in [4.69, 9.17) is 33.7 Å². The highest BCUT2D eigenvalue weighted by Gasteiger charge is 2.22. The van der Waals surface area contributed by atoms with Crippen LogP contribution in [0.3, 0.4) is 0 Å². The largest absolute Gasteiger partial charge is 0.461 e. The van der Waals surface area contributed by atoms with Crippen LogP contribution < -0.4 is 11.1 Å². The van der Waals surface area contributed by atoms with Crippen molar-refractivity contribution in [3.63, 3.8) is 0 Å². The van der Waals surface area contributed by atoms with E-state index in [1.807, 2.05) is 22.9 Å². The van der Waals surface area contributed by atoms with Crippen LogP contribution in [0.5, 0.6) is 0 Å². The Morgan fingerprint density at radius 3 is 1.68 bits per heavy atom. The van der Waals surface area contributed by atoms with Gasteiger partial charge in [0.2, 0.25) is 10.6 Å². The fourth-order valence-corrected chi connectivity index (χ4v) is 8.87. The van der Waals surface area contributed by atoms with Crippen LogP contribution in [-0.2, 0) is 17.8 Å². The third-order valence-electron chi connectivity index (χ3n) is 10.0. The van der Waals surface area contributed by atoms with Gasteiger partial charge < -0.3 is 15.8 Å². The second-order valence-corrected chi connectivity index (χ2v) is 16.5. The zero-order valence-corrected chi connectivity index (χ0v) is 35.1. The average molecular weight is 848 g/mol. The Balaban J connectivity index is 0.000000156. The Morgan fingerprint density at radius 2 is 1.19 bits per heavy atom. The number of thiophene rings is 2. The van der Waals surface area contributed by atoms with E-state index in [1.165, 1.54) is 59.7 Å². The fourth-order valence-electron chi connectivity index (χ4n) is 6.89. The van der Waals surface area contributed by atoms with Crippen molar-refractivity contribution in [2.75, 3.05) is 45.9 Å². The standard InChI is InChI=1S/C20H21ClN4OS.C13H20N2.C9H7ClN2O2S/c21-20-23-16-8-11-27-18(16)17(24-20)19(26)22-12-14-6-9-25(10-7-14)13-15-4-2-1-3-5-15;14-10-12-6-8-15(9-7-12)11-13-4-2-1-3-5-13;1-2-14-8(13)6-7-5(3-4-15-7)11-9(10)12-6/h1-5,8,11,14H,6-7,9-10,12-13H2,(H,22,26);1-5,12H,6-11,14H2;3-4H,2H2,1H3. The number of carbonyl (C=O) groups excluding carboxylic acids is 2. The first-order chi connectivity index (χ1) is 27.8. The van der Waals surface area contributed by atoms with E-state index in [0.29, 0.717) is 35.0 Å². The first-order valence-electron chi connectivity index (χ1n) is 19.3. The number of carbonyl (C=O) groups is 2. The van der Waals surface area contributed by atoms with Gasteiger partial charge in [0.05, 0.1) is 27.0 Å². The number of nitrogens with two attached hydrogens (primary N) is 1. The van der Waals surface area contributed by atoms with Crippen LogP contribution in [0.15, 0.2) is 83.6 Å². The molecule has 0 radical (unpaired) electrons. The van der Waals surface area contributed by atoms with E-state index in [1.54, 1.807) is 13.0 Å². The molecule has 57 heavy (non-hydrogen) atoms. The van der Waals surface area contributed by atoms with E-state index in [9.17, 15) is 9.59 Å². The van der Waals surface area contributed by atoms with Gasteiger partial charge in [0, 0.05) is 19.6 Å². The third kappa shape index (κ3) is 12.5. The molecule has 0 unspecified atom stereocenters. The van der Waals surface area contributed by atoms with E-state index in [2.05, 4.69) is 89.6 Å². The average Bonchev–Trinajstić information content (AvgIpc) is 3.91. The van der Waals surface area contributed by atoms with Gasteiger partial charge in [-0.2, -0.15) is 0 Å². The lowest BCUT2D eigenvalue weighted by Crippen LogP contribution is -2.38. The van der Waals surface area contributed by atoms with Gasteiger partial charge in [0.25, 0.3) is 5.91 Å². The predicted octanol–water partition coefficient (Wildman–Crippen LogP) is 8.37. The summed E-state index contributed by atoms with van der Waals surface area (Å²) in [5.41, 5.74) is 10.5. The number of benzene rings is 2. The van der Waals surface area contributed by atoms with Crippen molar-refractivity contribution in [1.82, 2.24) is 35.1 Å². The first kappa shape index (κ1) is 42.5. The van der Waals surface area contributed by atoms with Crippen LogP contribution >= 0.6 is 45.9 Å². The van der Waals surface area contributed by atoms with E-state index in [0.717, 1.165) is 61.7 Å². The maximum absolute atomic E-state index is 12.6. The van der Waals surface area contributed by atoms with Gasteiger partial charge in [-0.1, -0.05) is 60.7 Å². The summed E-state index contributed by atoms with van der Waals surface area (Å²) in [4.78, 5) is 45.3. The van der Waals surface area contributed by atoms with Gasteiger partial charge >= 0.3 is 5.97 Å². The van der Waals surface area contributed by atoms with Crippen LogP contribution in [-0.4, -0.2) is 87.5 Å². The second-order valence-electron chi connectivity index (χ2n) is 14.0. The molecule has 0 bridgehead atoms. The molecule has 0 aliphatic carbocycles. The summed E-state index contributed by atoms with van der Waals surface area (Å²) in [6, 6.07) is 24.9. The monoisotopic (exact) mass is 846 g/mol. The summed E-state index contributed by atoms with van der Waals surface area (Å²) < 4.78 is 6.37. The number of aromatic nitrogens is 4. The second kappa shape index (κ2) is 21.6. The first-order valence-corrected chi connectivity index (χ1v) is 21.8. The Hall–Kier alpha value is -4.08. The number of halogens is 2. The number of nitrogens with one attached hydrogen (secondary N) is 1. The van der Waals surface area contributed by atoms with Gasteiger partial charge in [-0.05, 0) is 134 Å². The molecule has 6 heterocycles. The van der Waals surface area contributed by atoms with Crippen molar-refractivity contribution in [2.45, 2.75) is 45.7 Å². The van der Waals surface area contributed by atoms with Crippen LogP contribution in [0.4, 0.5) is 0 Å². The number of amides is 1. The number of ether oxygens (including phenoxy) is 1. The summed E-state index contributed by atoms with van der Waals surface area (Å²) in [6.07, 6.45) is 4.71. The minimum absolute atomic E-state index is 0.0592. The maximum Gasteiger partial charge on any atom is 0.358 e. The molecule has 0 saturated carbocycles. The van der Waals surface area contributed by atoms with E-state index < -0.39 is 5.97 Å². The summed E-state index contributed by atoms with van der Waals surface area (Å²) >= 11 is 14.5. The quantitative estimate of drug-likeness (QED) is 0.102. The molecule has 8 rings (SSSR count). The van der Waals surface area contributed by atoms with Crippen molar-refractivity contribution in [1.29, 1.82) is 0 Å². The van der Waals surface area contributed by atoms with Gasteiger partial charge in [-0.15, -0.1) is 22.7 Å². The number of esters is 1. The number of rotatable bonds is 10. The Bertz CT molecular complexity index is 2170. The highest BCUT2D eigenvalue weighted by Crippen LogP contribution is 2.26. The van der Waals surface area contributed by atoms with Crippen molar-refractivity contribution in [2.24, 2.45) is 17.6 Å². The molecule has 300 valence electrons. The number of hydrogen-bond donors (Lipinski definition) is 2. The smallest absolute Gasteiger partial charge is 0.358 e. The van der Waals surface area contributed by atoms with Crippen molar-refractivity contribution < 1.29 is 14.3 Å².